The van der Waals surface area contributed by atoms with Gasteiger partial charge in [0, 0.05) is 23.9 Å². The van der Waals surface area contributed by atoms with Gasteiger partial charge in [0.15, 0.2) is 0 Å². The lowest BCUT2D eigenvalue weighted by molar-refractivity contribution is 0.306. The second kappa shape index (κ2) is 8.44. The first kappa shape index (κ1) is 20.2. The van der Waals surface area contributed by atoms with Crippen LogP contribution >= 0.6 is 0 Å². The summed E-state index contributed by atoms with van der Waals surface area (Å²) in [5, 5.41) is 14.0. The van der Waals surface area contributed by atoms with E-state index in [1.54, 1.807) is 35.8 Å². The number of nitriles is 1. The lowest BCUT2D eigenvalue weighted by Crippen LogP contribution is -2.17. The van der Waals surface area contributed by atoms with Crippen LogP contribution in [0, 0.1) is 18.3 Å². The van der Waals surface area contributed by atoms with Crippen LogP contribution in [-0.4, -0.2) is 14.7 Å². The summed E-state index contributed by atoms with van der Waals surface area (Å²) in [6.07, 6.45) is 0. The van der Waals surface area contributed by atoms with E-state index in [2.05, 4.69) is 16.2 Å². The number of hydrogen-bond acceptors (Lipinski definition) is 6. The summed E-state index contributed by atoms with van der Waals surface area (Å²) in [5.74, 6) is 1.73. The second-order valence-corrected chi connectivity index (χ2v) is 7.52. The zero-order chi connectivity index (χ0) is 22.8. The van der Waals surface area contributed by atoms with Gasteiger partial charge in [-0.25, -0.2) is 0 Å². The molecule has 7 heteroatoms. The summed E-state index contributed by atoms with van der Waals surface area (Å²) >= 11 is 0. The van der Waals surface area contributed by atoms with E-state index in [0.717, 1.165) is 22.0 Å². The van der Waals surface area contributed by atoms with Crippen LogP contribution in [0.3, 0.4) is 0 Å². The van der Waals surface area contributed by atoms with Crippen molar-refractivity contribution in [2.24, 2.45) is 0 Å². The molecular weight excluding hydrogens is 416 g/mol. The number of fused-ring (bicyclic) bond motifs is 1. The van der Waals surface area contributed by atoms with Gasteiger partial charge in [-0.2, -0.15) is 10.2 Å². The Morgan fingerprint density at radius 2 is 1.91 bits per heavy atom. The molecule has 0 aliphatic carbocycles. The molecule has 0 spiro atoms. The van der Waals surface area contributed by atoms with Crippen LogP contribution in [0.25, 0.3) is 28.0 Å². The summed E-state index contributed by atoms with van der Waals surface area (Å²) in [6.45, 7) is 2.11. The first-order valence-electron chi connectivity index (χ1n) is 10.3. The van der Waals surface area contributed by atoms with Crippen molar-refractivity contribution in [1.82, 2.24) is 14.7 Å². The summed E-state index contributed by atoms with van der Waals surface area (Å²) in [5.41, 5.74) is 3.53. The van der Waals surface area contributed by atoms with Gasteiger partial charge in [0.1, 0.15) is 12.4 Å². The molecule has 0 aliphatic rings. The highest BCUT2D eigenvalue weighted by Gasteiger charge is 2.09. The quantitative estimate of drug-likeness (QED) is 0.394. The minimum Gasteiger partial charge on any atom is -0.489 e. The standard InChI is InChI=1S/C26H18N4O3/c1-17-28-26(29-33-17)21-6-2-5-19(12-21)16-32-23-9-10-24-20(14-23)8-11-25(31)30(24)22-7-3-4-18(13-22)15-27/h2-14H,16H2,1H3. The molecule has 3 aromatic carbocycles. The molecule has 2 heterocycles. The fourth-order valence-corrected chi connectivity index (χ4v) is 3.68. The van der Waals surface area contributed by atoms with Gasteiger partial charge in [0.2, 0.25) is 11.7 Å². The zero-order valence-corrected chi connectivity index (χ0v) is 17.7. The van der Waals surface area contributed by atoms with Crippen LogP contribution in [0.15, 0.2) is 88.2 Å². The van der Waals surface area contributed by atoms with Gasteiger partial charge in [-0.3, -0.25) is 9.36 Å². The van der Waals surface area contributed by atoms with Gasteiger partial charge in [0.05, 0.1) is 22.8 Å². The molecule has 0 atom stereocenters. The fraction of sp³-hybridized carbons (Fsp3) is 0.0769. The first-order valence-corrected chi connectivity index (χ1v) is 10.3. The summed E-state index contributed by atoms with van der Waals surface area (Å²) in [4.78, 5) is 16.9. The normalized spacial score (nSPS) is 10.8. The third-order valence-electron chi connectivity index (χ3n) is 5.22. The Morgan fingerprint density at radius 3 is 2.73 bits per heavy atom. The van der Waals surface area contributed by atoms with Crippen LogP contribution in [0.5, 0.6) is 5.75 Å². The minimum atomic E-state index is -0.167. The van der Waals surface area contributed by atoms with Crippen molar-refractivity contribution in [1.29, 1.82) is 5.26 Å². The molecule has 0 bridgehead atoms. The molecule has 0 aliphatic heterocycles. The van der Waals surface area contributed by atoms with E-state index >= 15 is 0 Å². The third-order valence-corrected chi connectivity index (χ3v) is 5.22. The molecule has 160 valence electrons. The summed E-state index contributed by atoms with van der Waals surface area (Å²) in [6, 6.07) is 25.7. The van der Waals surface area contributed by atoms with Crippen LogP contribution in [0.2, 0.25) is 0 Å². The predicted molar refractivity (Wildman–Crippen MR) is 123 cm³/mol. The van der Waals surface area contributed by atoms with Crippen molar-refractivity contribution in [2.45, 2.75) is 13.5 Å². The highest BCUT2D eigenvalue weighted by molar-refractivity contribution is 5.82. The van der Waals surface area contributed by atoms with E-state index in [9.17, 15) is 10.1 Å². The number of hydrogen-bond donors (Lipinski definition) is 0. The molecule has 7 nitrogen and oxygen atoms in total. The van der Waals surface area contributed by atoms with Crippen LogP contribution in [0.1, 0.15) is 17.0 Å². The maximum Gasteiger partial charge on any atom is 0.255 e. The van der Waals surface area contributed by atoms with Crippen molar-refractivity contribution >= 4 is 10.9 Å². The van der Waals surface area contributed by atoms with E-state index in [4.69, 9.17) is 9.26 Å². The molecule has 5 rings (SSSR count). The Labute approximate surface area is 189 Å². The molecule has 0 saturated carbocycles. The lowest BCUT2D eigenvalue weighted by atomic mass is 10.1. The molecule has 0 amide bonds. The SMILES string of the molecule is Cc1nc(-c2cccc(COc3ccc4c(ccc(=O)n4-c4cccc(C#N)c4)c3)c2)no1. The van der Waals surface area contributed by atoms with Crippen LogP contribution < -0.4 is 10.3 Å². The molecule has 0 unspecified atom stereocenters. The van der Waals surface area contributed by atoms with E-state index in [1.165, 1.54) is 6.07 Å². The molecule has 0 radical (unpaired) electrons. The van der Waals surface area contributed by atoms with Crippen molar-refractivity contribution in [3.8, 4) is 28.9 Å². The molecular formula is C26H18N4O3. The van der Waals surface area contributed by atoms with Crippen LogP contribution in [-0.2, 0) is 6.61 Å². The maximum absolute atomic E-state index is 12.6. The zero-order valence-electron chi connectivity index (χ0n) is 17.7. The third kappa shape index (κ3) is 4.10. The second-order valence-electron chi connectivity index (χ2n) is 7.52. The van der Waals surface area contributed by atoms with E-state index in [-0.39, 0.29) is 5.56 Å². The Bertz CT molecular complexity index is 1580. The Balaban J connectivity index is 1.42. The Kier molecular flexibility index (Phi) is 5.17. The van der Waals surface area contributed by atoms with Crippen molar-refractivity contribution < 1.29 is 9.26 Å². The molecule has 5 aromatic rings. The van der Waals surface area contributed by atoms with Gasteiger partial charge in [-0.1, -0.05) is 29.4 Å². The molecule has 0 N–H and O–H groups in total. The highest BCUT2D eigenvalue weighted by atomic mass is 16.5. The lowest BCUT2D eigenvalue weighted by Gasteiger charge is -2.12. The maximum atomic E-state index is 12.6. The van der Waals surface area contributed by atoms with Crippen LogP contribution in [0.4, 0.5) is 0 Å². The summed E-state index contributed by atoms with van der Waals surface area (Å²) < 4.78 is 12.7. The monoisotopic (exact) mass is 434 g/mol. The number of benzene rings is 3. The highest BCUT2D eigenvalue weighted by Crippen LogP contribution is 2.24. The Morgan fingerprint density at radius 1 is 1.03 bits per heavy atom. The number of pyridine rings is 1. The number of aromatic nitrogens is 3. The molecule has 33 heavy (non-hydrogen) atoms. The van der Waals surface area contributed by atoms with Crippen molar-refractivity contribution in [3.05, 3.63) is 106 Å². The topological polar surface area (TPSA) is 93.9 Å². The largest absolute Gasteiger partial charge is 0.489 e. The van der Waals surface area contributed by atoms with Gasteiger partial charge < -0.3 is 9.26 Å². The van der Waals surface area contributed by atoms with Gasteiger partial charge in [-0.15, -0.1) is 0 Å². The number of ether oxygens (including phenoxy) is 1. The van der Waals surface area contributed by atoms with Gasteiger partial charge in [-0.05, 0) is 54.1 Å². The summed E-state index contributed by atoms with van der Waals surface area (Å²) in [7, 11) is 0. The van der Waals surface area contributed by atoms with Crippen molar-refractivity contribution in [3.63, 3.8) is 0 Å². The molecule has 2 aromatic heterocycles. The number of nitrogens with zero attached hydrogens (tertiary/aromatic N) is 4. The average Bonchev–Trinajstić information content (AvgIpc) is 3.29. The predicted octanol–water partition coefficient (Wildman–Crippen LogP) is 4.80. The van der Waals surface area contributed by atoms with Gasteiger partial charge in [0.25, 0.3) is 5.56 Å². The fourth-order valence-electron chi connectivity index (χ4n) is 3.68. The van der Waals surface area contributed by atoms with Gasteiger partial charge >= 0.3 is 0 Å². The average molecular weight is 434 g/mol. The Hall–Kier alpha value is -4.70. The van der Waals surface area contributed by atoms with E-state index < -0.39 is 0 Å². The number of rotatable bonds is 5. The molecule has 0 saturated heterocycles. The minimum absolute atomic E-state index is 0.167. The first-order chi connectivity index (χ1) is 16.1. The van der Waals surface area contributed by atoms with E-state index in [1.807, 2.05) is 48.5 Å². The van der Waals surface area contributed by atoms with Crippen molar-refractivity contribution in [2.75, 3.05) is 0 Å². The smallest absolute Gasteiger partial charge is 0.255 e. The molecule has 0 fully saturated rings. The van der Waals surface area contributed by atoms with E-state index in [0.29, 0.717) is 35.3 Å². The number of aryl methyl sites for hydroxylation is 1.